The van der Waals surface area contributed by atoms with E-state index >= 15 is 0 Å². The van der Waals surface area contributed by atoms with Gasteiger partial charge in [0.15, 0.2) is 16.4 Å². The SMILES string of the molecule is Cc1cc(C(=O)COc2ncnc3ccccc23)c(C)n1[C@H]1CCS(=O)(=O)C1. The number of hydrogen-bond donors (Lipinski definition) is 0. The third-order valence-electron chi connectivity index (χ3n) is 5.20. The minimum Gasteiger partial charge on any atom is -0.469 e. The number of Topliss-reactive ketones (excluding diaryl/α,β-unsaturated/α-hetero) is 1. The highest BCUT2D eigenvalue weighted by atomic mass is 32.2. The molecule has 1 aliphatic rings. The second kappa shape index (κ2) is 7.01. The molecule has 1 aromatic carbocycles. The molecule has 1 aliphatic heterocycles. The van der Waals surface area contributed by atoms with Gasteiger partial charge in [-0.3, -0.25) is 4.79 Å². The minimum absolute atomic E-state index is 0.113. The van der Waals surface area contributed by atoms with Crippen molar-refractivity contribution in [1.29, 1.82) is 0 Å². The number of ether oxygens (including phenoxy) is 1. The van der Waals surface area contributed by atoms with Gasteiger partial charge >= 0.3 is 0 Å². The van der Waals surface area contributed by atoms with Crippen molar-refractivity contribution in [2.75, 3.05) is 18.1 Å². The highest BCUT2D eigenvalue weighted by Crippen LogP contribution is 2.29. The molecule has 0 radical (unpaired) electrons. The van der Waals surface area contributed by atoms with Crippen LogP contribution in [-0.4, -0.2) is 46.8 Å². The second-order valence-electron chi connectivity index (χ2n) is 7.12. The summed E-state index contributed by atoms with van der Waals surface area (Å²) in [5, 5.41) is 0.749. The van der Waals surface area contributed by atoms with Gasteiger partial charge in [0.2, 0.25) is 11.7 Å². The normalized spacial score (nSPS) is 18.4. The predicted octanol–water partition coefficient (Wildman–Crippen LogP) is 2.67. The summed E-state index contributed by atoms with van der Waals surface area (Å²) in [4.78, 5) is 21.1. The van der Waals surface area contributed by atoms with Crippen LogP contribution in [0.3, 0.4) is 0 Å². The van der Waals surface area contributed by atoms with Gasteiger partial charge in [-0.15, -0.1) is 0 Å². The fraction of sp³-hybridized carbons (Fsp3) is 0.350. The average Bonchev–Trinajstić information content (AvgIpc) is 3.17. The molecule has 3 aromatic rings. The van der Waals surface area contributed by atoms with Crippen LogP contribution >= 0.6 is 0 Å². The number of carbonyl (C=O) groups is 1. The summed E-state index contributed by atoms with van der Waals surface area (Å²) in [6, 6.07) is 9.14. The molecule has 7 nitrogen and oxygen atoms in total. The minimum atomic E-state index is -3.00. The molecule has 4 rings (SSSR count). The van der Waals surface area contributed by atoms with E-state index in [1.54, 1.807) is 0 Å². The summed E-state index contributed by atoms with van der Waals surface area (Å²) < 4.78 is 31.3. The van der Waals surface area contributed by atoms with Crippen molar-refractivity contribution in [3.63, 3.8) is 0 Å². The van der Waals surface area contributed by atoms with Gasteiger partial charge in [-0.2, -0.15) is 0 Å². The van der Waals surface area contributed by atoms with Crippen molar-refractivity contribution >= 4 is 26.5 Å². The largest absolute Gasteiger partial charge is 0.469 e. The topological polar surface area (TPSA) is 91.2 Å². The van der Waals surface area contributed by atoms with E-state index < -0.39 is 9.84 Å². The summed E-state index contributed by atoms with van der Waals surface area (Å²) in [6.07, 6.45) is 1.99. The van der Waals surface area contributed by atoms with Gasteiger partial charge in [0, 0.05) is 23.0 Å². The Morgan fingerprint density at radius 1 is 1.25 bits per heavy atom. The molecule has 0 unspecified atom stereocenters. The lowest BCUT2D eigenvalue weighted by Gasteiger charge is -2.16. The van der Waals surface area contributed by atoms with E-state index in [0.29, 0.717) is 17.9 Å². The maximum atomic E-state index is 12.8. The molecular formula is C20H21N3O4S. The van der Waals surface area contributed by atoms with Crippen LogP contribution in [-0.2, 0) is 9.84 Å². The van der Waals surface area contributed by atoms with Crippen LogP contribution in [0.5, 0.6) is 5.88 Å². The fourth-order valence-corrected chi connectivity index (χ4v) is 5.61. The molecule has 8 heteroatoms. The average molecular weight is 399 g/mol. The lowest BCUT2D eigenvalue weighted by molar-refractivity contribution is 0.0918. The van der Waals surface area contributed by atoms with E-state index in [1.165, 1.54) is 6.33 Å². The molecule has 2 aromatic heterocycles. The Hall–Kier alpha value is -2.74. The Labute approximate surface area is 163 Å². The van der Waals surface area contributed by atoms with E-state index in [4.69, 9.17) is 4.74 Å². The number of ketones is 1. The van der Waals surface area contributed by atoms with Crippen molar-refractivity contribution in [3.05, 3.63) is 53.6 Å². The van der Waals surface area contributed by atoms with Gasteiger partial charge < -0.3 is 9.30 Å². The van der Waals surface area contributed by atoms with Crippen LogP contribution in [0.15, 0.2) is 36.7 Å². The number of carbonyl (C=O) groups excluding carboxylic acids is 1. The van der Waals surface area contributed by atoms with Crippen LogP contribution in [0.2, 0.25) is 0 Å². The maximum absolute atomic E-state index is 12.8. The number of benzene rings is 1. The molecule has 0 N–H and O–H groups in total. The number of fused-ring (bicyclic) bond motifs is 1. The summed E-state index contributed by atoms with van der Waals surface area (Å²) in [6.45, 7) is 3.60. The highest BCUT2D eigenvalue weighted by Gasteiger charge is 2.31. The van der Waals surface area contributed by atoms with Crippen LogP contribution in [0.1, 0.15) is 34.2 Å². The van der Waals surface area contributed by atoms with Crippen molar-refractivity contribution in [2.24, 2.45) is 0 Å². The Kier molecular flexibility index (Phi) is 4.66. The van der Waals surface area contributed by atoms with Gasteiger partial charge in [-0.1, -0.05) is 12.1 Å². The number of sulfone groups is 1. The van der Waals surface area contributed by atoms with Crippen molar-refractivity contribution in [3.8, 4) is 5.88 Å². The fourth-order valence-electron chi connectivity index (χ4n) is 3.91. The number of nitrogens with zero attached hydrogens (tertiary/aromatic N) is 3. The van der Waals surface area contributed by atoms with Gasteiger partial charge in [0.25, 0.3) is 0 Å². The molecule has 0 amide bonds. The second-order valence-corrected chi connectivity index (χ2v) is 9.35. The van der Waals surface area contributed by atoms with E-state index in [1.807, 2.05) is 48.7 Å². The highest BCUT2D eigenvalue weighted by molar-refractivity contribution is 7.91. The van der Waals surface area contributed by atoms with E-state index in [0.717, 1.165) is 22.3 Å². The third-order valence-corrected chi connectivity index (χ3v) is 6.95. The summed E-state index contributed by atoms with van der Waals surface area (Å²) >= 11 is 0. The quantitative estimate of drug-likeness (QED) is 0.613. The molecular weight excluding hydrogens is 378 g/mol. The van der Waals surface area contributed by atoms with E-state index in [2.05, 4.69) is 9.97 Å². The van der Waals surface area contributed by atoms with Gasteiger partial charge in [0.05, 0.1) is 22.4 Å². The number of para-hydroxylation sites is 1. The molecule has 0 spiro atoms. The third kappa shape index (κ3) is 3.40. The molecule has 0 aliphatic carbocycles. The van der Waals surface area contributed by atoms with Gasteiger partial charge in [0.1, 0.15) is 6.33 Å². The Morgan fingerprint density at radius 2 is 2.04 bits per heavy atom. The summed E-state index contributed by atoms with van der Waals surface area (Å²) in [5.74, 6) is 0.528. The zero-order chi connectivity index (χ0) is 19.9. The molecule has 146 valence electrons. The van der Waals surface area contributed by atoms with E-state index in [9.17, 15) is 13.2 Å². The predicted molar refractivity (Wildman–Crippen MR) is 106 cm³/mol. The lowest BCUT2D eigenvalue weighted by Crippen LogP contribution is -2.16. The monoisotopic (exact) mass is 399 g/mol. The summed E-state index contributed by atoms with van der Waals surface area (Å²) in [5.41, 5.74) is 2.97. The van der Waals surface area contributed by atoms with E-state index in [-0.39, 0.29) is 29.9 Å². The molecule has 3 heterocycles. The number of aryl methyl sites for hydroxylation is 1. The Morgan fingerprint density at radius 3 is 2.79 bits per heavy atom. The van der Waals surface area contributed by atoms with Gasteiger partial charge in [-0.25, -0.2) is 18.4 Å². The first-order valence-electron chi connectivity index (χ1n) is 9.10. The smallest absolute Gasteiger partial charge is 0.224 e. The zero-order valence-corrected chi connectivity index (χ0v) is 16.6. The van der Waals surface area contributed by atoms with Crippen molar-refractivity contribution < 1.29 is 17.9 Å². The molecule has 0 bridgehead atoms. The first-order chi connectivity index (χ1) is 13.4. The van der Waals surface area contributed by atoms with Gasteiger partial charge in [-0.05, 0) is 38.5 Å². The van der Waals surface area contributed by atoms with Crippen molar-refractivity contribution in [2.45, 2.75) is 26.3 Å². The maximum Gasteiger partial charge on any atom is 0.224 e. The van der Waals surface area contributed by atoms with Crippen LogP contribution in [0.25, 0.3) is 10.9 Å². The lowest BCUT2D eigenvalue weighted by atomic mass is 10.1. The molecule has 1 saturated heterocycles. The van der Waals surface area contributed by atoms with Crippen molar-refractivity contribution in [1.82, 2.24) is 14.5 Å². The Balaban J connectivity index is 1.55. The first kappa shape index (κ1) is 18.6. The number of aromatic nitrogens is 3. The van der Waals surface area contributed by atoms with Crippen LogP contribution in [0.4, 0.5) is 0 Å². The molecule has 28 heavy (non-hydrogen) atoms. The number of rotatable bonds is 5. The molecule has 0 saturated carbocycles. The number of hydrogen-bond acceptors (Lipinski definition) is 6. The standard InChI is InChI=1S/C20H21N3O4S/c1-13-9-17(14(2)23(13)15-7-8-28(25,26)11-15)19(24)10-27-20-16-5-3-4-6-18(16)21-12-22-20/h3-6,9,12,15H,7-8,10-11H2,1-2H3/t15-/m0/s1. The van der Waals surface area contributed by atoms with Crippen LogP contribution < -0.4 is 4.74 Å². The molecule has 1 fully saturated rings. The van der Waals surface area contributed by atoms with Crippen LogP contribution in [0, 0.1) is 13.8 Å². The first-order valence-corrected chi connectivity index (χ1v) is 10.9. The zero-order valence-electron chi connectivity index (χ0n) is 15.8. The Bertz CT molecular complexity index is 1160. The summed E-state index contributed by atoms with van der Waals surface area (Å²) in [7, 11) is -3.00. The molecule has 1 atom stereocenters.